The van der Waals surface area contributed by atoms with Gasteiger partial charge < -0.3 is 29.2 Å². The first-order valence-corrected chi connectivity index (χ1v) is 20.5. The van der Waals surface area contributed by atoms with Gasteiger partial charge in [0.2, 0.25) is 11.8 Å². The minimum absolute atomic E-state index is 0. The fraction of sp³-hybridized carbons (Fsp3) is 0.553. The van der Waals surface area contributed by atoms with Gasteiger partial charge in [-0.25, -0.2) is 18.4 Å². The zero-order valence-corrected chi connectivity index (χ0v) is 34.9. The average molecular weight is 772 g/mol. The second-order valence-electron chi connectivity index (χ2n) is 15.0. The summed E-state index contributed by atoms with van der Waals surface area (Å²) in [6.07, 6.45) is 7.44. The number of allylic oxidation sites excluding steroid dienone is 1. The number of fused-ring (bicyclic) bond motifs is 3. The van der Waals surface area contributed by atoms with Gasteiger partial charge in [0.1, 0.15) is 28.3 Å². The fourth-order valence-electron chi connectivity index (χ4n) is 7.48. The van der Waals surface area contributed by atoms with E-state index in [0.29, 0.717) is 42.1 Å². The molecule has 1 N–H and O–H groups in total. The molecule has 3 aliphatic carbocycles. The summed E-state index contributed by atoms with van der Waals surface area (Å²) in [5.41, 5.74) is 1.73. The topological polar surface area (TPSA) is 159 Å². The van der Waals surface area contributed by atoms with Gasteiger partial charge in [-0.1, -0.05) is 26.0 Å². The number of hydrogen-bond donors (Lipinski definition) is 1. The maximum atomic E-state index is 14.3. The molecule has 5 atom stereocenters. The third-order valence-corrected chi connectivity index (χ3v) is 13.5. The molecule has 1 aliphatic heterocycles. The van der Waals surface area contributed by atoms with Crippen LogP contribution in [-0.4, -0.2) is 78.6 Å². The standard InChI is InChI=1S/C38H47N5O7S2.Na/c1-21(2)30-20-51-35(40-30)29-18-32(26-13-14-31(49-5)22(3)33(26)39-29)50-24-16-27-28(17-24)36(45)43(4)15-9-7-6-8-10-23-19-38(23,41-34(27)44)37(46)42-52(47,48)25-11-12-25;/h8,10,13-14,18,20-21,23-25,27-28H,6-7,9,11-12,15-17,19H2,1-5H3,(H2,41,42,44,46);/q;+1/p-1/b10-8-;/t23-,24-,27-,28-,38-;/m1./s1. The Balaban J connectivity index is 0.00000481. The summed E-state index contributed by atoms with van der Waals surface area (Å²) < 4.78 is 41.5. The molecule has 0 spiro atoms. The van der Waals surface area contributed by atoms with Crippen molar-refractivity contribution in [2.45, 2.75) is 94.9 Å². The monoisotopic (exact) mass is 771 g/mol. The van der Waals surface area contributed by atoms with E-state index in [0.717, 1.165) is 40.9 Å². The van der Waals surface area contributed by atoms with Crippen LogP contribution in [0.3, 0.4) is 0 Å². The van der Waals surface area contributed by atoms with E-state index >= 15 is 0 Å². The van der Waals surface area contributed by atoms with Gasteiger partial charge in [-0.2, -0.15) is 0 Å². The second kappa shape index (κ2) is 15.6. The minimum Gasteiger partial charge on any atom is -0.544 e. The van der Waals surface area contributed by atoms with Gasteiger partial charge >= 0.3 is 29.6 Å². The molecule has 3 aromatic rings. The van der Waals surface area contributed by atoms with Crippen molar-refractivity contribution in [2.75, 3.05) is 20.7 Å². The summed E-state index contributed by atoms with van der Waals surface area (Å²) in [6, 6.07) is 5.65. The van der Waals surface area contributed by atoms with E-state index in [1.165, 1.54) is 11.3 Å². The fourth-order valence-corrected chi connectivity index (χ4v) is 9.70. The predicted molar refractivity (Wildman–Crippen MR) is 199 cm³/mol. The third-order valence-electron chi connectivity index (χ3n) is 10.9. The number of ether oxygens (including phenoxy) is 2. The van der Waals surface area contributed by atoms with Crippen LogP contribution in [0.1, 0.15) is 82.4 Å². The number of benzene rings is 1. The number of hydrogen-bond acceptors (Lipinski definition) is 10. The van der Waals surface area contributed by atoms with Gasteiger partial charge in [-0.3, -0.25) is 9.59 Å². The number of carbonyl (C=O) groups excluding carboxylic acids is 3. The van der Waals surface area contributed by atoms with E-state index in [4.69, 9.17) is 19.4 Å². The van der Waals surface area contributed by atoms with Crippen LogP contribution in [0.4, 0.5) is 0 Å². The van der Waals surface area contributed by atoms with Gasteiger partial charge in [-0.15, -0.1) is 11.3 Å². The summed E-state index contributed by atoms with van der Waals surface area (Å²) in [4.78, 5) is 53.4. The van der Waals surface area contributed by atoms with Crippen molar-refractivity contribution in [2.24, 2.45) is 17.8 Å². The quantitative estimate of drug-likeness (QED) is 0.269. The van der Waals surface area contributed by atoms with Crippen molar-refractivity contribution in [1.29, 1.82) is 0 Å². The molecule has 0 radical (unpaired) electrons. The van der Waals surface area contributed by atoms with Crippen LogP contribution in [-0.2, 0) is 24.4 Å². The van der Waals surface area contributed by atoms with Gasteiger partial charge in [-0.05, 0) is 76.3 Å². The SMILES string of the molecule is COc1ccc2c(O[C@@H]3C[C@H]4C(=O)N[C@]5(C(=O)[N-]S(=O)(=O)C6CC6)C[C@H]5/C=C\CCCCN(C)C(=O)[C@@H]4C3)cc(-c3nc(C(C)C)cs3)nc2c1C.[Na+]. The number of rotatable bonds is 8. The van der Waals surface area contributed by atoms with Crippen LogP contribution < -0.4 is 44.3 Å². The number of sulfonamides is 1. The van der Waals surface area contributed by atoms with Crippen LogP contribution >= 0.6 is 11.3 Å². The van der Waals surface area contributed by atoms with Gasteiger partial charge in [0, 0.05) is 47.2 Å². The number of aromatic nitrogens is 2. The molecule has 4 aliphatic rings. The van der Waals surface area contributed by atoms with Gasteiger partial charge in [0.15, 0.2) is 0 Å². The van der Waals surface area contributed by atoms with Crippen LogP contribution in [0.15, 0.2) is 35.7 Å². The molecule has 2 aromatic heterocycles. The summed E-state index contributed by atoms with van der Waals surface area (Å²) in [5.74, 6) is -1.85. The number of amides is 3. The Morgan fingerprint density at radius 3 is 2.57 bits per heavy atom. The third kappa shape index (κ3) is 8.03. The maximum absolute atomic E-state index is 14.3. The molecule has 15 heteroatoms. The zero-order chi connectivity index (χ0) is 36.9. The van der Waals surface area contributed by atoms with Gasteiger partial charge in [0.05, 0.1) is 51.6 Å². The Morgan fingerprint density at radius 1 is 1.11 bits per heavy atom. The number of nitrogens with one attached hydrogen (secondary N) is 1. The largest absolute Gasteiger partial charge is 1.00 e. The molecule has 0 unspecified atom stereocenters. The Kier molecular flexibility index (Phi) is 11.7. The molecule has 7 rings (SSSR count). The Morgan fingerprint density at radius 2 is 1.87 bits per heavy atom. The van der Waals surface area contributed by atoms with Crippen molar-refractivity contribution < 1.29 is 61.8 Å². The molecule has 12 nitrogen and oxygen atoms in total. The number of methoxy groups -OCH3 is 1. The first kappa shape index (κ1) is 39.6. The van der Waals surface area contributed by atoms with Crippen molar-refractivity contribution in [3.05, 3.63) is 51.7 Å². The molecule has 53 heavy (non-hydrogen) atoms. The van der Waals surface area contributed by atoms with Crippen molar-refractivity contribution >= 4 is 50.0 Å². The molecular formula is C38H46N5NaO7S2. The molecule has 3 fully saturated rings. The van der Waals surface area contributed by atoms with Crippen molar-refractivity contribution in [3.63, 3.8) is 0 Å². The number of nitrogens with zero attached hydrogens (tertiary/aromatic N) is 4. The number of aryl methyl sites for hydroxylation is 1. The second-order valence-corrected chi connectivity index (χ2v) is 17.8. The van der Waals surface area contributed by atoms with Crippen LogP contribution in [0, 0.1) is 24.7 Å². The van der Waals surface area contributed by atoms with Crippen LogP contribution in [0.5, 0.6) is 11.5 Å². The number of thiazole rings is 1. The molecule has 1 aromatic carbocycles. The first-order chi connectivity index (χ1) is 24.8. The summed E-state index contributed by atoms with van der Waals surface area (Å²) >= 11 is 1.51. The van der Waals surface area contributed by atoms with E-state index in [-0.39, 0.29) is 66.6 Å². The van der Waals surface area contributed by atoms with Crippen LogP contribution in [0.25, 0.3) is 26.3 Å². The summed E-state index contributed by atoms with van der Waals surface area (Å²) in [7, 11) is -0.577. The molecule has 3 amide bonds. The van der Waals surface area contributed by atoms with Crippen molar-refractivity contribution in [1.82, 2.24) is 20.2 Å². The van der Waals surface area contributed by atoms with Crippen molar-refractivity contribution in [3.8, 4) is 22.2 Å². The Labute approximate surface area is 337 Å². The Hall–Kier alpha value is -3.04. The maximum Gasteiger partial charge on any atom is 1.00 e. The zero-order valence-electron chi connectivity index (χ0n) is 31.3. The molecule has 0 saturated heterocycles. The van der Waals surface area contributed by atoms with E-state index in [1.54, 1.807) is 19.1 Å². The van der Waals surface area contributed by atoms with E-state index in [1.807, 2.05) is 42.7 Å². The smallest absolute Gasteiger partial charge is 0.544 e. The normalized spacial score (nSPS) is 26.9. The summed E-state index contributed by atoms with van der Waals surface area (Å²) in [6.45, 7) is 6.68. The first-order valence-electron chi connectivity index (χ1n) is 18.2. The molecule has 0 bridgehead atoms. The van der Waals surface area contributed by atoms with Gasteiger partial charge in [0.25, 0.3) is 0 Å². The summed E-state index contributed by atoms with van der Waals surface area (Å²) in [5, 5.41) is 5.85. The average Bonchev–Trinajstić information content (AvgIpc) is 3.98. The minimum atomic E-state index is -3.95. The Bertz CT molecular complexity index is 2050. The number of pyridine rings is 1. The predicted octanol–water partition coefficient (Wildman–Crippen LogP) is 3.04. The van der Waals surface area contributed by atoms with Crippen LogP contribution in [0.2, 0.25) is 0 Å². The molecule has 278 valence electrons. The molecule has 3 heterocycles. The molecule has 3 saturated carbocycles. The molecular weight excluding hydrogens is 726 g/mol. The van der Waals surface area contributed by atoms with E-state index in [2.05, 4.69) is 23.9 Å². The van der Waals surface area contributed by atoms with E-state index < -0.39 is 50.6 Å². The van der Waals surface area contributed by atoms with E-state index in [9.17, 15) is 22.8 Å². The number of carbonyl (C=O) groups is 3.